The third-order valence-electron chi connectivity index (χ3n) is 2.81. The van der Waals surface area contributed by atoms with E-state index in [0.717, 1.165) is 0 Å². The van der Waals surface area contributed by atoms with E-state index >= 15 is 0 Å². The van der Waals surface area contributed by atoms with E-state index in [4.69, 9.17) is 16.3 Å². The molecule has 0 fully saturated rings. The number of halogens is 4. The van der Waals surface area contributed by atoms with E-state index in [2.05, 4.69) is 10.1 Å². The molecular weight excluding hydrogens is 347 g/mol. The summed E-state index contributed by atoms with van der Waals surface area (Å²) < 4.78 is 45.2. The van der Waals surface area contributed by atoms with Gasteiger partial charge in [0.05, 0.1) is 0 Å². The monoisotopic (exact) mass is 359 g/mol. The number of rotatable bonds is 6. The van der Waals surface area contributed by atoms with Crippen LogP contribution in [0.1, 0.15) is 5.56 Å². The average Bonchev–Trinajstić information content (AvgIpc) is 2.51. The first-order chi connectivity index (χ1) is 11.3. The van der Waals surface area contributed by atoms with Gasteiger partial charge >= 0.3 is 6.36 Å². The summed E-state index contributed by atoms with van der Waals surface area (Å²) >= 11 is 5.79. The Balaban J connectivity index is 1.77. The number of nitrogens with one attached hydrogen (secondary N) is 1. The summed E-state index contributed by atoms with van der Waals surface area (Å²) in [6.07, 6.45) is -4.73. The molecule has 4 nitrogen and oxygen atoms in total. The Hall–Kier alpha value is -2.41. The van der Waals surface area contributed by atoms with Crippen molar-refractivity contribution in [2.75, 3.05) is 6.61 Å². The molecule has 1 N–H and O–H groups in total. The van der Waals surface area contributed by atoms with E-state index in [-0.39, 0.29) is 24.8 Å². The van der Waals surface area contributed by atoms with E-state index in [0.29, 0.717) is 16.3 Å². The Morgan fingerprint density at radius 2 is 1.79 bits per heavy atom. The number of ether oxygens (including phenoxy) is 2. The standard InChI is InChI=1S/C16H13ClF3NO3/c17-12-2-1-3-14(8-12)23-10-15(22)21-9-11-4-6-13(7-5-11)24-16(18,19)20/h1-8H,9-10H2,(H,21,22). The first kappa shape index (κ1) is 17.9. The molecule has 0 bridgehead atoms. The number of carbonyl (C=O) groups is 1. The predicted molar refractivity (Wildman–Crippen MR) is 81.9 cm³/mol. The molecule has 8 heteroatoms. The third-order valence-corrected chi connectivity index (χ3v) is 3.05. The van der Waals surface area contributed by atoms with Crippen molar-refractivity contribution in [3.8, 4) is 11.5 Å². The molecule has 0 aliphatic rings. The minimum atomic E-state index is -4.73. The number of carbonyl (C=O) groups excluding carboxylic acids is 1. The van der Waals surface area contributed by atoms with Crippen molar-refractivity contribution >= 4 is 17.5 Å². The molecule has 0 atom stereocenters. The molecule has 0 spiro atoms. The van der Waals surface area contributed by atoms with Gasteiger partial charge in [-0.1, -0.05) is 29.8 Å². The lowest BCUT2D eigenvalue weighted by Gasteiger charge is -2.10. The SMILES string of the molecule is O=C(COc1cccc(Cl)c1)NCc1ccc(OC(F)(F)F)cc1. The Bertz CT molecular complexity index is 690. The lowest BCUT2D eigenvalue weighted by Crippen LogP contribution is -2.28. The van der Waals surface area contributed by atoms with E-state index in [1.165, 1.54) is 24.3 Å². The minimum absolute atomic E-state index is 0.157. The maximum absolute atomic E-state index is 12.0. The van der Waals surface area contributed by atoms with Gasteiger partial charge in [0.2, 0.25) is 0 Å². The van der Waals surface area contributed by atoms with Crippen LogP contribution in [0.4, 0.5) is 13.2 Å². The number of benzene rings is 2. The molecule has 2 rings (SSSR count). The van der Waals surface area contributed by atoms with Crippen molar-refractivity contribution in [3.05, 3.63) is 59.1 Å². The zero-order valence-corrected chi connectivity index (χ0v) is 13.0. The fraction of sp³-hybridized carbons (Fsp3) is 0.188. The van der Waals surface area contributed by atoms with E-state index in [9.17, 15) is 18.0 Å². The zero-order valence-electron chi connectivity index (χ0n) is 12.3. The Morgan fingerprint density at radius 1 is 1.08 bits per heavy atom. The summed E-state index contributed by atoms with van der Waals surface area (Å²) in [5, 5.41) is 3.09. The Morgan fingerprint density at radius 3 is 2.42 bits per heavy atom. The van der Waals surface area contributed by atoms with E-state index in [1.807, 2.05) is 0 Å². The van der Waals surface area contributed by atoms with Crippen LogP contribution < -0.4 is 14.8 Å². The van der Waals surface area contributed by atoms with Gasteiger partial charge in [-0.15, -0.1) is 13.2 Å². The van der Waals surface area contributed by atoms with Gasteiger partial charge in [-0.25, -0.2) is 0 Å². The van der Waals surface area contributed by atoms with E-state index < -0.39 is 6.36 Å². The number of hydrogen-bond donors (Lipinski definition) is 1. The molecule has 0 aliphatic carbocycles. The van der Waals surface area contributed by atoms with Crippen LogP contribution in [0, 0.1) is 0 Å². The zero-order chi connectivity index (χ0) is 17.6. The summed E-state index contributed by atoms with van der Waals surface area (Å²) in [5.74, 6) is -0.223. The highest BCUT2D eigenvalue weighted by Crippen LogP contribution is 2.22. The molecule has 0 saturated heterocycles. The molecule has 2 aromatic rings. The molecule has 0 unspecified atom stereocenters. The van der Waals surface area contributed by atoms with Gasteiger partial charge in [0, 0.05) is 11.6 Å². The fourth-order valence-electron chi connectivity index (χ4n) is 1.77. The van der Waals surface area contributed by atoms with Crippen LogP contribution in [0.25, 0.3) is 0 Å². The molecule has 0 heterocycles. The topological polar surface area (TPSA) is 47.6 Å². The van der Waals surface area contributed by atoms with Crippen molar-refractivity contribution in [3.63, 3.8) is 0 Å². The number of hydrogen-bond acceptors (Lipinski definition) is 3. The highest BCUT2D eigenvalue weighted by molar-refractivity contribution is 6.30. The van der Waals surface area contributed by atoms with Gasteiger partial charge in [-0.05, 0) is 35.9 Å². The molecule has 1 amide bonds. The summed E-state index contributed by atoms with van der Waals surface area (Å²) in [5.41, 5.74) is 0.626. The van der Waals surface area contributed by atoms with Gasteiger partial charge in [0.1, 0.15) is 11.5 Å². The highest BCUT2D eigenvalue weighted by Gasteiger charge is 2.30. The maximum Gasteiger partial charge on any atom is 0.573 e. The fourth-order valence-corrected chi connectivity index (χ4v) is 1.95. The first-order valence-corrected chi connectivity index (χ1v) is 7.19. The minimum Gasteiger partial charge on any atom is -0.484 e. The molecule has 0 radical (unpaired) electrons. The van der Waals surface area contributed by atoms with Crippen LogP contribution in [0.3, 0.4) is 0 Å². The maximum atomic E-state index is 12.0. The van der Waals surface area contributed by atoms with Crippen LogP contribution in [0.5, 0.6) is 11.5 Å². The van der Waals surface area contributed by atoms with Gasteiger partial charge in [-0.2, -0.15) is 0 Å². The van der Waals surface area contributed by atoms with Crippen LogP contribution in [-0.4, -0.2) is 18.9 Å². The molecule has 128 valence electrons. The first-order valence-electron chi connectivity index (χ1n) is 6.81. The largest absolute Gasteiger partial charge is 0.573 e. The Labute approximate surface area is 141 Å². The van der Waals surface area contributed by atoms with Crippen molar-refractivity contribution in [1.29, 1.82) is 0 Å². The lowest BCUT2D eigenvalue weighted by molar-refractivity contribution is -0.274. The Kier molecular flexibility index (Phi) is 5.92. The average molecular weight is 360 g/mol. The second-order valence-corrected chi connectivity index (χ2v) is 5.15. The van der Waals surface area contributed by atoms with Crippen LogP contribution in [0.2, 0.25) is 5.02 Å². The van der Waals surface area contributed by atoms with Gasteiger partial charge in [0.25, 0.3) is 5.91 Å². The van der Waals surface area contributed by atoms with Gasteiger partial charge < -0.3 is 14.8 Å². The highest BCUT2D eigenvalue weighted by atomic mass is 35.5. The predicted octanol–water partition coefficient (Wildman–Crippen LogP) is 3.93. The second kappa shape index (κ2) is 7.92. The lowest BCUT2D eigenvalue weighted by atomic mass is 10.2. The molecule has 24 heavy (non-hydrogen) atoms. The van der Waals surface area contributed by atoms with Crippen LogP contribution in [0.15, 0.2) is 48.5 Å². The molecule has 0 saturated carbocycles. The summed E-state index contributed by atoms with van der Waals surface area (Å²) in [6.45, 7) is -0.0420. The summed E-state index contributed by atoms with van der Waals surface area (Å²) in [6, 6.07) is 11.8. The van der Waals surface area contributed by atoms with E-state index in [1.54, 1.807) is 24.3 Å². The van der Waals surface area contributed by atoms with Gasteiger partial charge in [-0.3, -0.25) is 4.79 Å². The number of amides is 1. The molecular formula is C16H13ClF3NO3. The smallest absolute Gasteiger partial charge is 0.484 e. The quantitative estimate of drug-likeness (QED) is 0.850. The van der Waals surface area contributed by atoms with Crippen molar-refractivity contribution in [2.24, 2.45) is 0 Å². The van der Waals surface area contributed by atoms with Crippen molar-refractivity contribution in [2.45, 2.75) is 12.9 Å². The second-order valence-electron chi connectivity index (χ2n) is 4.71. The van der Waals surface area contributed by atoms with Gasteiger partial charge in [0.15, 0.2) is 6.61 Å². The number of alkyl halides is 3. The van der Waals surface area contributed by atoms with Crippen LogP contribution in [-0.2, 0) is 11.3 Å². The van der Waals surface area contributed by atoms with Crippen molar-refractivity contribution in [1.82, 2.24) is 5.32 Å². The summed E-state index contributed by atoms with van der Waals surface area (Å²) in [4.78, 5) is 11.7. The van der Waals surface area contributed by atoms with Crippen molar-refractivity contribution < 1.29 is 27.4 Å². The normalized spacial score (nSPS) is 11.0. The molecule has 0 aliphatic heterocycles. The summed E-state index contributed by atoms with van der Waals surface area (Å²) in [7, 11) is 0. The molecule has 0 aromatic heterocycles. The molecule has 2 aromatic carbocycles. The van der Waals surface area contributed by atoms with Crippen LogP contribution >= 0.6 is 11.6 Å². The third kappa shape index (κ3) is 6.37.